The first-order valence-electron chi connectivity index (χ1n) is 7.76. The zero-order chi connectivity index (χ0) is 16.1. The van der Waals surface area contributed by atoms with Gasteiger partial charge in [-0.25, -0.2) is 4.98 Å². The smallest absolute Gasteiger partial charge is 0.227 e. The van der Waals surface area contributed by atoms with Crippen LogP contribution in [-0.2, 0) is 0 Å². The number of hydrogen-bond donors (Lipinski definition) is 0. The van der Waals surface area contributed by atoms with Crippen LogP contribution in [-0.4, -0.2) is 4.98 Å². The van der Waals surface area contributed by atoms with Crippen LogP contribution in [0.1, 0.15) is 0 Å². The molecule has 0 unspecified atom stereocenters. The van der Waals surface area contributed by atoms with Crippen molar-refractivity contribution in [3.05, 3.63) is 77.8 Å². The first-order chi connectivity index (χ1) is 11.8. The molecule has 5 rings (SSSR count). The number of aromatic nitrogens is 1. The van der Waals surface area contributed by atoms with Crippen LogP contribution in [0.3, 0.4) is 0 Å². The number of rotatable bonds is 1. The second-order valence-electron chi connectivity index (χ2n) is 5.82. The highest BCUT2D eigenvalue weighted by atomic mass is 35.5. The van der Waals surface area contributed by atoms with Gasteiger partial charge in [-0.15, -0.1) is 0 Å². The lowest BCUT2D eigenvalue weighted by atomic mass is 10.1. The summed E-state index contributed by atoms with van der Waals surface area (Å²) in [6.45, 7) is 0. The maximum atomic E-state index is 6.17. The highest BCUT2D eigenvalue weighted by Crippen LogP contribution is 2.35. The molecule has 114 valence electrons. The lowest BCUT2D eigenvalue weighted by molar-refractivity contribution is 0.658. The van der Waals surface area contributed by atoms with E-state index in [4.69, 9.17) is 21.0 Å². The molecule has 0 spiro atoms. The molecule has 2 heterocycles. The van der Waals surface area contributed by atoms with Crippen molar-refractivity contribution < 1.29 is 4.42 Å². The second-order valence-corrected chi connectivity index (χ2v) is 6.26. The Morgan fingerprint density at radius 1 is 0.750 bits per heavy atom. The number of benzene rings is 3. The average molecular weight is 330 g/mol. The molecule has 0 aliphatic carbocycles. The van der Waals surface area contributed by atoms with E-state index in [-0.39, 0.29) is 0 Å². The average Bonchev–Trinajstić information content (AvgIpc) is 3.00. The molecule has 0 aliphatic heterocycles. The van der Waals surface area contributed by atoms with E-state index < -0.39 is 0 Å². The van der Waals surface area contributed by atoms with E-state index >= 15 is 0 Å². The number of pyridine rings is 1. The van der Waals surface area contributed by atoms with Crippen molar-refractivity contribution >= 4 is 44.4 Å². The van der Waals surface area contributed by atoms with Crippen LogP contribution in [0.2, 0.25) is 5.02 Å². The van der Waals surface area contributed by atoms with Crippen molar-refractivity contribution in [2.75, 3.05) is 0 Å². The largest absolute Gasteiger partial charge is 0.437 e. The molecule has 0 N–H and O–H groups in total. The Kier molecular flexibility index (Phi) is 2.88. The predicted molar refractivity (Wildman–Crippen MR) is 99.5 cm³/mol. The summed E-state index contributed by atoms with van der Waals surface area (Å²) >= 11 is 6.17. The molecule has 0 amide bonds. The van der Waals surface area contributed by atoms with Gasteiger partial charge in [-0.2, -0.15) is 0 Å². The van der Waals surface area contributed by atoms with Crippen LogP contribution < -0.4 is 0 Å². The topological polar surface area (TPSA) is 26.0 Å². The fourth-order valence-electron chi connectivity index (χ4n) is 3.18. The van der Waals surface area contributed by atoms with Crippen molar-refractivity contribution in [3.63, 3.8) is 0 Å². The molecule has 0 saturated carbocycles. The Labute approximate surface area is 143 Å². The third kappa shape index (κ3) is 2.00. The summed E-state index contributed by atoms with van der Waals surface area (Å²) in [5.74, 6) is 0. The summed E-state index contributed by atoms with van der Waals surface area (Å²) in [6, 6.07) is 24.2. The lowest BCUT2D eigenvalue weighted by Gasteiger charge is -1.99. The van der Waals surface area contributed by atoms with Crippen LogP contribution in [0, 0.1) is 0 Å². The maximum Gasteiger partial charge on any atom is 0.227 e. The summed E-state index contributed by atoms with van der Waals surface area (Å²) < 4.78 is 6.11. The summed E-state index contributed by atoms with van der Waals surface area (Å²) in [5.41, 5.74) is 3.47. The monoisotopic (exact) mass is 329 g/mol. The fraction of sp³-hybridized carbons (Fsp3) is 0. The van der Waals surface area contributed by atoms with Gasteiger partial charge in [-0.1, -0.05) is 54.1 Å². The van der Waals surface area contributed by atoms with E-state index in [0.717, 1.165) is 38.4 Å². The molecule has 2 nitrogen and oxygen atoms in total. The van der Waals surface area contributed by atoms with Gasteiger partial charge in [0.25, 0.3) is 0 Å². The van der Waals surface area contributed by atoms with E-state index in [9.17, 15) is 0 Å². The first kappa shape index (κ1) is 13.6. The molecule has 2 aromatic heterocycles. The Bertz CT molecular complexity index is 1210. The molecule has 0 saturated heterocycles. The lowest BCUT2D eigenvalue weighted by Crippen LogP contribution is -1.82. The van der Waals surface area contributed by atoms with E-state index in [2.05, 4.69) is 18.2 Å². The third-order valence-electron chi connectivity index (χ3n) is 4.35. The van der Waals surface area contributed by atoms with Gasteiger partial charge in [0.05, 0.1) is 5.69 Å². The van der Waals surface area contributed by atoms with Gasteiger partial charge in [0.1, 0.15) is 5.58 Å². The Balaban J connectivity index is 1.83. The zero-order valence-electron chi connectivity index (χ0n) is 12.7. The molecule has 0 radical (unpaired) electrons. The summed E-state index contributed by atoms with van der Waals surface area (Å²) in [7, 11) is 0. The molecule has 0 atom stereocenters. The van der Waals surface area contributed by atoms with Gasteiger partial charge in [-0.05, 0) is 35.7 Å². The van der Waals surface area contributed by atoms with Crippen molar-refractivity contribution in [3.8, 4) is 11.3 Å². The van der Waals surface area contributed by atoms with Crippen molar-refractivity contribution in [2.45, 2.75) is 0 Å². The van der Waals surface area contributed by atoms with Crippen molar-refractivity contribution in [2.24, 2.45) is 0 Å². The van der Waals surface area contributed by atoms with E-state index in [0.29, 0.717) is 10.7 Å². The minimum absolute atomic E-state index is 0.652. The van der Waals surface area contributed by atoms with Gasteiger partial charge in [0, 0.05) is 26.7 Å². The van der Waals surface area contributed by atoms with Gasteiger partial charge >= 0.3 is 0 Å². The SMILES string of the molecule is Clc1ccc2ccc3c4ccc(-c5ccccc5)nc4oc3c2c1. The molecule has 0 aliphatic rings. The van der Waals surface area contributed by atoms with Gasteiger partial charge in [-0.3, -0.25) is 0 Å². The van der Waals surface area contributed by atoms with Crippen LogP contribution in [0.15, 0.2) is 77.2 Å². The molecule has 0 fully saturated rings. The van der Waals surface area contributed by atoms with Gasteiger partial charge in [0.15, 0.2) is 0 Å². The Morgan fingerprint density at radius 2 is 1.54 bits per heavy atom. The zero-order valence-corrected chi connectivity index (χ0v) is 13.4. The van der Waals surface area contributed by atoms with Crippen LogP contribution >= 0.6 is 11.6 Å². The summed E-state index contributed by atoms with van der Waals surface area (Å²) in [4.78, 5) is 4.71. The Morgan fingerprint density at radius 3 is 2.42 bits per heavy atom. The molecule has 3 aromatic carbocycles. The standard InChI is InChI=1S/C21H12ClNO/c22-15-8-6-13-7-9-16-17-10-11-19(14-4-2-1-3-5-14)23-21(17)24-20(16)18(13)12-15/h1-12H. The molecule has 5 aromatic rings. The number of halogens is 1. The number of nitrogens with zero attached hydrogens (tertiary/aromatic N) is 1. The molecule has 3 heteroatoms. The molecule has 24 heavy (non-hydrogen) atoms. The second kappa shape index (κ2) is 5.08. The number of furan rings is 1. The van der Waals surface area contributed by atoms with Crippen LogP contribution in [0.5, 0.6) is 0 Å². The minimum Gasteiger partial charge on any atom is -0.437 e. The van der Waals surface area contributed by atoms with Crippen molar-refractivity contribution in [1.29, 1.82) is 0 Å². The maximum absolute atomic E-state index is 6.17. The first-order valence-corrected chi connectivity index (χ1v) is 8.14. The molecular weight excluding hydrogens is 318 g/mol. The number of fused-ring (bicyclic) bond motifs is 5. The van der Waals surface area contributed by atoms with Gasteiger partial charge in [0.2, 0.25) is 5.71 Å². The predicted octanol–water partition coefficient (Wildman–Crippen LogP) is 6.45. The highest BCUT2D eigenvalue weighted by Gasteiger charge is 2.12. The normalized spacial score (nSPS) is 11.5. The Hall–Kier alpha value is -2.84. The van der Waals surface area contributed by atoms with Gasteiger partial charge < -0.3 is 4.42 Å². The third-order valence-corrected chi connectivity index (χ3v) is 4.59. The van der Waals surface area contributed by atoms with Crippen molar-refractivity contribution in [1.82, 2.24) is 4.98 Å². The van der Waals surface area contributed by atoms with Crippen LogP contribution in [0.4, 0.5) is 0 Å². The quantitative estimate of drug-likeness (QED) is 0.353. The molecular formula is C21H12ClNO. The highest BCUT2D eigenvalue weighted by molar-refractivity contribution is 6.32. The number of hydrogen-bond acceptors (Lipinski definition) is 2. The van der Waals surface area contributed by atoms with E-state index in [1.54, 1.807) is 0 Å². The fourth-order valence-corrected chi connectivity index (χ4v) is 3.35. The van der Waals surface area contributed by atoms with E-state index in [1.807, 2.05) is 54.6 Å². The summed E-state index contributed by atoms with van der Waals surface area (Å²) in [5, 5.41) is 4.90. The summed E-state index contributed by atoms with van der Waals surface area (Å²) in [6.07, 6.45) is 0. The minimum atomic E-state index is 0.652. The van der Waals surface area contributed by atoms with E-state index in [1.165, 1.54) is 0 Å². The van der Waals surface area contributed by atoms with Crippen LogP contribution in [0.25, 0.3) is 44.1 Å². The molecule has 0 bridgehead atoms.